The number of nitrogens with one attached hydrogen (secondary N) is 2. The Morgan fingerprint density at radius 3 is 2.28 bits per heavy atom. The van der Waals surface area contributed by atoms with Crippen molar-refractivity contribution >= 4 is 5.91 Å². The van der Waals surface area contributed by atoms with Gasteiger partial charge in [0.25, 0.3) is 0 Å². The summed E-state index contributed by atoms with van der Waals surface area (Å²) in [5.41, 5.74) is -0.171. The van der Waals surface area contributed by atoms with Crippen molar-refractivity contribution < 1.29 is 4.79 Å². The molecule has 0 heterocycles. The Labute approximate surface area is 111 Å². The average molecular weight is 253 g/mol. The predicted molar refractivity (Wildman–Crippen MR) is 74.0 cm³/mol. The molecule has 0 saturated heterocycles. The topological polar surface area (TPSA) is 64.9 Å². The lowest BCUT2D eigenvalue weighted by Gasteiger charge is -2.28. The van der Waals surface area contributed by atoms with E-state index in [2.05, 4.69) is 30.6 Å². The van der Waals surface area contributed by atoms with Gasteiger partial charge in [-0.05, 0) is 39.5 Å². The summed E-state index contributed by atoms with van der Waals surface area (Å²) in [6.45, 7) is 12.7. The van der Waals surface area contributed by atoms with Crippen molar-refractivity contribution in [3.05, 3.63) is 0 Å². The minimum atomic E-state index is -0.217. The number of hydrogen-bond donors (Lipinski definition) is 2. The minimum absolute atomic E-state index is 0.0126. The zero-order chi connectivity index (χ0) is 14.4. The lowest BCUT2D eigenvalue weighted by molar-refractivity contribution is -0.124. The van der Waals surface area contributed by atoms with Gasteiger partial charge in [-0.3, -0.25) is 4.79 Å². The second kappa shape index (κ2) is 6.75. The molecule has 1 atom stereocenters. The van der Waals surface area contributed by atoms with Gasteiger partial charge in [-0.2, -0.15) is 5.26 Å². The van der Waals surface area contributed by atoms with Gasteiger partial charge in [0.15, 0.2) is 0 Å². The van der Waals surface area contributed by atoms with E-state index >= 15 is 0 Å². The maximum absolute atomic E-state index is 11.9. The zero-order valence-corrected chi connectivity index (χ0v) is 12.6. The summed E-state index contributed by atoms with van der Waals surface area (Å²) in [7, 11) is 0. The number of hydrogen-bond acceptors (Lipinski definition) is 3. The number of nitriles is 1. The molecule has 2 N–H and O–H groups in total. The summed E-state index contributed by atoms with van der Waals surface area (Å²) in [6, 6.07) is 1.94. The molecule has 0 rings (SSSR count). The third-order valence-corrected chi connectivity index (χ3v) is 2.69. The van der Waals surface area contributed by atoms with Crippen LogP contribution < -0.4 is 10.6 Å². The highest BCUT2D eigenvalue weighted by atomic mass is 16.2. The summed E-state index contributed by atoms with van der Waals surface area (Å²) in [6.07, 6.45) is 1.39. The van der Waals surface area contributed by atoms with E-state index in [0.29, 0.717) is 6.42 Å². The summed E-state index contributed by atoms with van der Waals surface area (Å²) in [5.74, 6) is 0.0126. The summed E-state index contributed by atoms with van der Waals surface area (Å²) in [5, 5.41) is 14.8. The van der Waals surface area contributed by atoms with Gasteiger partial charge in [0.2, 0.25) is 5.91 Å². The molecule has 4 heteroatoms. The Morgan fingerprint density at radius 1 is 1.28 bits per heavy atom. The number of carbonyl (C=O) groups is 1. The molecule has 4 nitrogen and oxygen atoms in total. The number of amides is 1. The van der Waals surface area contributed by atoms with Crippen LogP contribution in [0.15, 0.2) is 0 Å². The molecule has 0 fully saturated rings. The zero-order valence-electron chi connectivity index (χ0n) is 12.6. The van der Waals surface area contributed by atoms with Gasteiger partial charge >= 0.3 is 0 Å². The molecule has 0 aliphatic rings. The number of rotatable bonds is 6. The molecule has 104 valence electrons. The largest absolute Gasteiger partial charge is 0.350 e. The highest BCUT2D eigenvalue weighted by Crippen LogP contribution is 2.20. The Bertz CT molecular complexity index is 310. The summed E-state index contributed by atoms with van der Waals surface area (Å²) >= 11 is 0. The Kier molecular flexibility index (Phi) is 6.34. The fourth-order valence-corrected chi connectivity index (χ4v) is 1.48. The third-order valence-electron chi connectivity index (χ3n) is 2.69. The van der Waals surface area contributed by atoms with E-state index in [9.17, 15) is 4.79 Å². The van der Waals surface area contributed by atoms with E-state index in [4.69, 9.17) is 5.26 Å². The van der Waals surface area contributed by atoms with E-state index in [-0.39, 0.29) is 22.9 Å². The van der Waals surface area contributed by atoms with Crippen molar-refractivity contribution in [3.63, 3.8) is 0 Å². The van der Waals surface area contributed by atoms with Gasteiger partial charge < -0.3 is 10.6 Å². The Balaban J connectivity index is 4.14. The molecule has 0 aromatic heterocycles. The van der Waals surface area contributed by atoms with Crippen LogP contribution in [0.4, 0.5) is 0 Å². The first-order valence-corrected chi connectivity index (χ1v) is 6.50. The van der Waals surface area contributed by atoms with E-state index in [1.807, 2.05) is 27.7 Å². The van der Waals surface area contributed by atoms with Crippen molar-refractivity contribution in [2.45, 2.75) is 66.0 Å². The van der Waals surface area contributed by atoms with Crippen LogP contribution in [0.25, 0.3) is 0 Å². The number of carbonyl (C=O) groups excluding carboxylic acids is 1. The molecule has 18 heavy (non-hydrogen) atoms. The van der Waals surface area contributed by atoms with Crippen LogP contribution in [-0.4, -0.2) is 24.0 Å². The van der Waals surface area contributed by atoms with Crippen LogP contribution in [-0.2, 0) is 4.79 Å². The monoisotopic (exact) mass is 253 g/mol. The molecule has 0 aromatic rings. The molecule has 0 radical (unpaired) electrons. The van der Waals surface area contributed by atoms with Crippen LogP contribution in [0.5, 0.6) is 0 Å². The summed E-state index contributed by atoms with van der Waals surface area (Å²) < 4.78 is 0. The SMILES string of the molecule is CC(NCC(C)(C)CCC#N)C(=O)NC(C)(C)C. The van der Waals surface area contributed by atoms with Gasteiger partial charge in [-0.25, -0.2) is 0 Å². The average Bonchev–Trinajstić information content (AvgIpc) is 2.21. The van der Waals surface area contributed by atoms with Crippen LogP contribution in [0.1, 0.15) is 54.4 Å². The van der Waals surface area contributed by atoms with Crippen LogP contribution in [0.3, 0.4) is 0 Å². The lowest BCUT2D eigenvalue weighted by Crippen LogP contribution is -2.50. The first-order chi connectivity index (χ1) is 8.07. The standard InChI is InChI=1S/C14H27N3O/c1-11(12(18)17-13(2,3)4)16-10-14(5,6)8-7-9-15/h11,16H,7-8,10H2,1-6H3,(H,17,18). The molecular formula is C14H27N3O. The fourth-order valence-electron chi connectivity index (χ4n) is 1.48. The van der Waals surface area contributed by atoms with E-state index in [0.717, 1.165) is 13.0 Å². The Morgan fingerprint density at radius 2 is 1.83 bits per heavy atom. The van der Waals surface area contributed by atoms with E-state index in [1.54, 1.807) is 0 Å². The first-order valence-electron chi connectivity index (χ1n) is 6.50. The maximum atomic E-state index is 11.9. The molecule has 0 spiro atoms. The van der Waals surface area contributed by atoms with Crippen LogP contribution in [0.2, 0.25) is 0 Å². The molecule has 0 aliphatic heterocycles. The molecule has 0 aliphatic carbocycles. The first kappa shape index (κ1) is 16.9. The lowest BCUT2D eigenvalue weighted by atomic mass is 9.88. The van der Waals surface area contributed by atoms with Gasteiger partial charge in [0, 0.05) is 18.5 Å². The molecular weight excluding hydrogens is 226 g/mol. The van der Waals surface area contributed by atoms with Gasteiger partial charge in [0.1, 0.15) is 0 Å². The smallest absolute Gasteiger partial charge is 0.237 e. The van der Waals surface area contributed by atoms with Crippen molar-refractivity contribution in [1.82, 2.24) is 10.6 Å². The molecule has 0 saturated carbocycles. The fraction of sp³-hybridized carbons (Fsp3) is 0.857. The van der Waals surface area contributed by atoms with Crippen molar-refractivity contribution in [2.24, 2.45) is 5.41 Å². The van der Waals surface area contributed by atoms with Crippen molar-refractivity contribution in [2.75, 3.05) is 6.54 Å². The molecule has 1 unspecified atom stereocenters. The second-order valence-electron chi connectivity index (χ2n) is 6.66. The van der Waals surface area contributed by atoms with E-state index in [1.165, 1.54) is 0 Å². The van der Waals surface area contributed by atoms with Gasteiger partial charge in [0.05, 0.1) is 12.1 Å². The second-order valence-corrected chi connectivity index (χ2v) is 6.66. The molecule has 0 aromatic carbocycles. The minimum Gasteiger partial charge on any atom is -0.350 e. The van der Waals surface area contributed by atoms with Crippen molar-refractivity contribution in [1.29, 1.82) is 5.26 Å². The number of nitrogens with zero attached hydrogens (tertiary/aromatic N) is 1. The summed E-state index contributed by atoms with van der Waals surface area (Å²) in [4.78, 5) is 11.9. The Hall–Kier alpha value is -1.08. The van der Waals surface area contributed by atoms with Gasteiger partial charge in [-0.1, -0.05) is 13.8 Å². The molecule has 0 bridgehead atoms. The van der Waals surface area contributed by atoms with Crippen LogP contribution >= 0.6 is 0 Å². The predicted octanol–water partition coefficient (Wildman–Crippen LogP) is 2.21. The highest BCUT2D eigenvalue weighted by Gasteiger charge is 2.22. The maximum Gasteiger partial charge on any atom is 0.237 e. The van der Waals surface area contributed by atoms with Crippen molar-refractivity contribution in [3.8, 4) is 6.07 Å². The van der Waals surface area contributed by atoms with Crippen LogP contribution in [0, 0.1) is 16.7 Å². The normalized spacial score (nSPS) is 13.8. The quantitative estimate of drug-likeness (QED) is 0.762. The molecule has 1 amide bonds. The van der Waals surface area contributed by atoms with E-state index < -0.39 is 0 Å². The third kappa shape index (κ3) is 8.08. The van der Waals surface area contributed by atoms with Gasteiger partial charge in [-0.15, -0.1) is 0 Å². The highest BCUT2D eigenvalue weighted by molar-refractivity contribution is 5.81.